The molecule has 1 aromatic carbocycles. The molecule has 0 bridgehead atoms. The van der Waals surface area contributed by atoms with Gasteiger partial charge in [0.25, 0.3) is 5.91 Å². The third-order valence-corrected chi connectivity index (χ3v) is 5.04. The number of hydrogen-bond donors (Lipinski definition) is 2. The van der Waals surface area contributed by atoms with Crippen LogP contribution >= 0.6 is 0 Å². The number of amides is 1. The van der Waals surface area contributed by atoms with Crippen LogP contribution in [0, 0.1) is 0 Å². The van der Waals surface area contributed by atoms with Crippen LogP contribution in [0.1, 0.15) is 16.8 Å². The normalized spacial score (nSPS) is 21.6. The van der Waals surface area contributed by atoms with Crippen molar-refractivity contribution >= 4 is 26.6 Å². The van der Waals surface area contributed by atoms with Gasteiger partial charge < -0.3 is 5.32 Å². The number of nitrogens with zero attached hydrogens (tertiary/aromatic N) is 1. The minimum atomic E-state index is -2.98. The van der Waals surface area contributed by atoms with Gasteiger partial charge in [0.2, 0.25) is 0 Å². The second-order valence-electron chi connectivity index (χ2n) is 4.75. The van der Waals surface area contributed by atoms with E-state index < -0.39 is 9.84 Å². The van der Waals surface area contributed by atoms with Crippen LogP contribution in [0.3, 0.4) is 0 Å². The molecular weight excluding hydrogens is 266 g/mol. The first-order valence-electron chi connectivity index (χ1n) is 5.98. The van der Waals surface area contributed by atoms with Crippen molar-refractivity contribution in [1.82, 2.24) is 15.5 Å². The fourth-order valence-electron chi connectivity index (χ4n) is 2.26. The first kappa shape index (κ1) is 12.2. The number of hydrogen-bond acceptors (Lipinski definition) is 4. The fraction of sp³-hybridized carbons (Fsp3) is 0.333. The lowest BCUT2D eigenvalue weighted by molar-refractivity contribution is 0.0941. The molecule has 0 aliphatic carbocycles. The van der Waals surface area contributed by atoms with Crippen LogP contribution in [-0.2, 0) is 9.84 Å². The zero-order valence-corrected chi connectivity index (χ0v) is 10.9. The number of nitrogens with one attached hydrogen (secondary N) is 2. The smallest absolute Gasteiger partial charge is 0.251 e. The lowest BCUT2D eigenvalue weighted by Crippen LogP contribution is -2.35. The Morgan fingerprint density at radius 1 is 1.42 bits per heavy atom. The minimum Gasteiger partial charge on any atom is -0.348 e. The summed E-state index contributed by atoms with van der Waals surface area (Å²) in [6.07, 6.45) is 2.13. The van der Waals surface area contributed by atoms with Crippen molar-refractivity contribution in [2.75, 3.05) is 11.5 Å². The van der Waals surface area contributed by atoms with Crippen LogP contribution in [0.2, 0.25) is 0 Å². The summed E-state index contributed by atoms with van der Waals surface area (Å²) < 4.78 is 22.7. The van der Waals surface area contributed by atoms with Gasteiger partial charge in [0, 0.05) is 17.0 Å². The molecule has 1 atom stereocenters. The van der Waals surface area contributed by atoms with Crippen molar-refractivity contribution in [1.29, 1.82) is 0 Å². The minimum absolute atomic E-state index is 0.0344. The van der Waals surface area contributed by atoms with Crippen molar-refractivity contribution in [3.63, 3.8) is 0 Å². The molecule has 1 aromatic heterocycles. The van der Waals surface area contributed by atoms with Gasteiger partial charge in [-0.2, -0.15) is 5.10 Å². The Bertz CT molecular complexity index is 736. The third-order valence-electron chi connectivity index (χ3n) is 3.27. The lowest BCUT2D eigenvalue weighted by atomic mass is 10.1. The molecule has 2 N–H and O–H groups in total. The number of benzene rings is 1. The summed E-state index contributed by atoms with van der Waals surface area (Å²) in [6, 6.07) is 4.93. The van der Waals surface area contributed by atoms with E-state index in [1.54, 1.807) is 24.4 Å². The van der Waals surface area contributed by atoms with Crippen LogP contribution < -0.4 is 5.32 Å². The van der Waals surface area contributed by atoms with Crippen molar-refractivity contribution in [2.24, 2.45) is 0 Å². The number of aromatic nitrogens is 2. The molecule has 100 valence electrons. The summed E-state index contributed by atoms with van der Waals surface area (Å²) in [5, 5.41) is 10.3. The Morgan fingerprint density at radius 2 is 2.26 bits per heavy atom. The standard InChI is InChI=1S/C12H13N3O3S/c16-12(14-10-3-4-19(17,18)7-10)8-1-2-11-9(5-8)6-13-15-11/h1-2,5-6,10H,3-4,7H2,(H,13,15)(H,14,16). The Hall–Kier alpha value is -1.89. The van der Waals surface area contributed by atoms with Crippen molar-refractivity contribution in [3.8, 4) is 0 Å². The molecule has 1 fully saturated rings. The Balaban J connectivity index is 1.76. The van der Waals surface area contributed by atoms with E-state index in [0.29, 0.717) is 12.0 Å². The van der Waals surface area contributed by atoms with Crippen molar-refractivity contribution in [2.45, 2.75) is 12.5 Å². The van der Waals surface area contributed by atoms with Gasteiger partial charge in [-0.25, -0.2) is 8.42 Å². The summed E-state index contributed by atoms with van der Waals surface area (Å²) in [4.78, 5) is 12.0. The summed E-state index contributed by atoms with van der Waals surface area (Å²) in [7, 11) is -2.98. The highest BCUT2D eigenvalue weighted by molar-refractivity contribution is 7.91. The monoisotopic (exact) mass is 279 g/mol. The predicted molar refractivity (Wildman–Crippen MR) is 70.6 cm³/mol. The maximum Gasteiger partial charge on any atom is 0.251 e. The molecule has 1 aliphatic heterocycles. The highest BCUT2D eigenvalue weighted by Crippen LogP contribution is 2.15. The molecule has 1 amide bonds. The van der Waals surface area contributed by atoms with Gasteiger partial charge in [0.15, 0.2) is 9.84 Å². The SMILES string of the molecule is O=C(NC1CCS(=O)(=O)C1)c1ccc2[nH]ncc2c1. The van der Waals surface area contributed by atoms with E-state index in [1.165, 1.54) is 0 Å². The van der Waals surface area contributed by atoms with Gasteiger partial charge in [0.05, 0.1) is 23.2 Å². The summed E-state index contributed by atoms with van der Waals surface area (Å²) >= 11 is 0. The molecule has 3 rings (SSSR count). The Labute approximate surface area is 110 Å². The van der Waals surface area contributed by atoms with Crippen LogP contribution in [0.25, 0.3) is 10.9 Å². The Kier molecular flexibility index (Phi) is 2.78. The molecular formula is C12H13N3O3S. The van der Waals surface area contributed by atoms with E-state index >= 15 is 0 Å². The van der Waals surface area contributed by atoms with Crippen molar-refractivity contribution in [3.05, 3.63) is 30.0 Å². The quantitative estimate of drug-likeness (QED) is 0.836. The maximum atomic E-state index is 12.0. The molecule has 1 unspecified atom stereocenters. The topological polar surface area (TPSA) is 91.9 Å². The van der Waals surface area contributed by atoms with Gasteiger partial charge in [-0.15, -0.1) is 0 Å². The van der Waals surface area contributed by atoms with Crippen LogP contribution in [0.4, 0.5) is 0 Å². The number of aromatic amines is 1. The molecule has 2 aromatic rings. The van der Waals surface area contributed by atoms with E-state index in [9.17, 15) is 13.2 Å². The van der Waals surface area contributed by atoms with Gasteiger partial charge in [0.1, 0.15) is 0 Å². The molecule has 0 saturated carbocycles. The second-order valence-corrected chi connectivity index (χ2v) is 6.97. The highest BCUT2D eigenvalue weighted by atomic mass is 32.2. The summed E-state index contributed by atoms with van der Waals surface area (Å²) in [6.45, 7) is 0. The molecule has 6 nitrogen and oxygen atoms in total. The summed E-state index contributed by atoms with van der Waals surface area (Å²) in [5.41, 5.74) is 1.37. The number of rotatable bonds is 2. The first-order valence-corrected chi connectivity index (χ1v) is 7.80. The highest BCUT2D eigenvalue weighted by Gasteiger charge is 2.29. The van der Waals surface area contributed by atoms with Gasteiger partial charge in [-0.3, -0.25) is 9.89 Å². The van der Waals surface area contributed by atoms with E-state index in [4.69, 9.17) is 0 Å². The first-order chi connectivity index (χ1) is 9.03. The van der Waals surface area contributed by atoms with Crippen LogP contribution in [0.15, 0.2) is 24.4 Å². The average Bonchev–Trinajstić information content (AvgIpc) is 2.94. The molecule has 1 saturated heterocycles. The maximum absolute atomic E-state index is 12.0. The van der Waals surface area contributed by atoms with Gasteiger partial charge >= 0.3 is 0 Å². The third kappa shape index (κ3) is 2.46. The van der Waals surface area contributed by atoms with Gasteiger partial charge in [-0.1, -0.05) is 0 Å². The molecule has 0 spiro atoms. The molecule has 1 aliphatic rings. The molecule has 19 heavy (non-hydrogen) atoms. The van der Waals surface area contributed by atoms with E-state index in [1.807, 2.05) is 0 Å². The average molecular weight is 279 g/mol. The van der Waals surface area contributed by atoms with E-state index in [-0.39, 0.29) is 23.5 Å². The second kappa shape index (κ2) is 4.34. The van der Waals surface area contributed by atoms with E-state index in [0.717, 1.165) is 10.9 Å². The lowest BCUT2D eigenvalue weighted by Gasteiger charge is -2.10. The zero-order valence-electron chi connectivity index (χ0n) is 10.1. The summed E-state index contributed by atoms with van der Waals surface area (Å²) in [5.74, 6) is -0.0593. The Morgan fingerprint density at radius 3 is 3.00 bits per heavy atom. The number of fused-ring (bicyclic) bond motifs is 1. The predicted octanol–water partition coefficient (Wildman–Crippen LogP) is 0.480. The zero-order chi connectivity index (χ0) is 13.5. The number of carbonyl (C=O) groups is 1. The molecule has 2 heterocycles. The number of sulfone groups is 1. The van der Waals surface area contributed by atoms with Crippen LogP contribution in [0.5, 0.6) is 0 Å². The molecule has 0 radical (unpaired) electrons. The largest absolute Gasteiger partial charge is 0.348 e. The van der Waals surface area contributed by atoms with Crippen molar-refractivity contribution < 1.29 is 13.2 Å². The number of H-pyrrole nitrogens is 1. The van der Waals surface area contributed by atoms with Crippen LogP contribution in [-0.4, -0.2) is 42.1 Å². The molecule has 7 heteroatoms. The van der Waals surface area contributed by atoms with E-state index in [2.05, 4.69) is 15.5 Å². The number of carbonyl (C=O) groups excluding carboxylic acids is 1. The fourth-order valence-corrected chi connectivity index (χ4v) is 3.93. The van der Waals surface area contributed by atoms with Gasteiger partial charge in [-0.05, 0) is 24.6 Å².